The Labute approximate surface area is 147 Å². The minimum absolute atomic E-state index is 0.0714. The number of fused-ring (bicyclic) bond motifs is 2. The number of hydrogen-bond acceptors (Lipinski definition) is 7. The molecule has 1 N–H and O–H groups in total. The molecule has 8 nitrogen and oxygen atoms in total. The van der Waals surface area contributed by atoms with Gasteiger partial charge in [-0.2, -0.15) is 13.8 Å². The smallest absolute Gasteiger partial charge is 0.267 e. The van der Waals surface area contributed by atoms with E-state index >= 15 is 0 Å². The molecule has 3 aromatic rings. The van der Waals surface area contributed by atoms with Crippen molar-refractivity contribution in [3.8, 4) is 0 Å². The summed E-state index contributed by atoms with van der Waals surface area (Å²) in [6.07, 6.45) is 2.75. The fourth-order valence-corrected chi connectivity index (χ4v) is 4.75. The molecular weight excluding hydrogens is 362 g/mol. The summed E-state index contributed by atoms with van der Waals surface area (Å²) < 4.78 is 37.0. The van der Waals surface area contributed by atoms with Crippen LogP contribution in [0.1, 0.15) is 17.7 Å². The summed E-state index contributed by atoms with van der Waals surface area (Å²) in [5.41, 5.74) is 2.63. The van der Waals surface area contributed by atoms with Crippen LogP contribution in [-0.4, -0.2) is 33.5 Å². The van der Waals surface area contributed by atoms with E-state index in [1.165, 1.54) is 10.7 Å². The van der Waals surface area contributed by atoms with E-state index in [1.807, 2.05) is 0 Å². The lowest BCUT2D eigenvalue weighted by molar-refractivity contribution is 0.542. The van der Waals surface area contributed by atoms with Crippen LogP contribution in [0.5, 0.6) is 0 Å². The van der Waals surface area contributed by atoms with Gasteiger partial charge in [0.05, 0.1) is 24.0 Å². The third-order valence-corrected chi connectivity index (χ3v) is 6.21. The minimum atomic E-state index is -3.74. The number of benzene rings is 1. The van der Waals surface area contributed by atoms with Gasteiger partial charge in [0.25, 0.3) is 5.56 Å². The molecule has 130 valence electrons. The largest absolute Gasteiger partial charge is 0.268 e. The molecule has 1 aromatic carbocycles. The molecule has 0 unspecified atom stereocenters. The van der Waals surface area contributed by atoms with Crippen LogP contribution in [0.25, 0.3) is 11.0 Å². The Morgan fingerprint density at radius 3 is 3.00 bits per heavy atom. The van der Waals surface area contributed by atoms with Gasteiger partial charge in [-0.3, -0.25) is 4.79 Å². The number of aryl methyl sites for hydroxylation is 2. The van der Waals surface area contributed by atoms with E-state index in [9.17, 15) is 13.2 Å². The van der Waals surface area contributed by atoms with Crippen molar-refractivity contribution in [3.63, 3.8) is 0 Å². The van der Waals surface area contributed by atoms with E-state index in [-0.39, 0.29) is 23.5 Å². The Bertz CT molecular complexity index is 1100. The van der Waals surface area contributed by atoms with Gasteiger partial charge >= 0.3 is 0 Å². The molecule has 0 saturated carbocycles. The third-order valence-electron chi connectivity index (χ3n) is 4.18. The van der Waals surface area contributed by atoms with Gasteiger partial charge in [0.1, 0.15) is 15.9 Å². The van der Waals surface area contributed by atoms with Crippen molar-refractivity contribution in [3.05, 3.63) is 45.9 Å². The zero-order valence-electron chi connectivity index (χ0n) is 13.2. The Morgan fingerprint density at radius 1 is 1.24 bits per heavy atom. The average molecular weight is 377 g/mol. The van der Waals surface area contributed by atoms with E-state index < -0.39 is 10.0 Å². The van der Waals surface area contributed by atoms with Gasteiger partial charge in [0, 0.05) is 12.6 Å². The van der Waals surface area contributed by atoms with Crippen molar-refractivity contribution < 1.29 is 8.42 Å². The lowest BCUT2D eigenvalue weighted by atomic mass is 10.2. The molecule has 0 atom stereocenters. The topological polar surface area (TPSA) is 107 Å². The number of nitrogens with zero attached hydrogens (tertiary/aromatic N) is 4. The zero-order valence-corrected chi connectivity index (χ0v) is 14.8. The molecule has 0 radical (unpaired) electrons. The van der Waals surface area contributed by atoms with Gasteiger partial charge in [-0.15, -0.1) is 0 Å². The van der Waals surface area contributed by atoms with Crippen LogP contribution >= 0.6 is 11.7 Å². The van der Waals surface area contributed by atoms with Gasteiger partial charge in [-0.05, 0) is 37.0 Å². The molecule has 0 bridgehead atoms. The Hall–Kier alpha value is -2.17. The monoisotopic (exact) mass is 377 g/mol. The molecule has 1 aliphatic carbocycles. The fraction of sp³-hybridized carbons (Fsp3) is 0.333. The maximum atomic E-state index is 12.5. The van der Waals surface area contributed by atoms with E-state index in [0.29, 0.717) is 11.0 Å². The van der Waals surface area contributed by atoms with Crippen molar-refractivity contribution in [1.29, 1.82) is 0 Å². The maximum Gasteiger partial charge on any atom is 0.267 e. The summed E-state index contributed by atoms with van der Waals surface area (Å²) in [7, 11) is -3.74. The summed E-state index contributed by atoms with van der Waals surface area (Å²) in [6.45, 7) is 0.249. The summed E-state index contributed by atoms with van der Waals surface area (Å²) in [6, 6.07) is 6.44. The normalized spacial score (nSPS) is 14.1. The van der Waals surface area contributed by atoms with Crippen molar-refractivity contribution in [1.82, 2.24) is 23.2 Å². The lowest BCUT2D eigenvalue weighted by Gasteiger charge is -2.09. The molecule has 0 fully saturated rings. The van der Waals surface area contributed by atoms with Crippen LogP contribution in [0.3, 0.4) is 0 Å². The van der Waals surface area contributed by atoms with Crippen LogP contribution in [0, 0.1) is 0 Å². The van der Waals surface area contributed by atoms with Gasteiger partial charge < -0.3 is 0 Å². The number of sulfonamides is 1. The highest BCUT2D eigenvalue weighted by atomic mass is 32.2. The van der Waals surface area contributed by atoms with Crippen molar-refractivity contribution in [2.45, 2.75) is 30.7 Å². The van der Waals surface area contributed by atoms with Crippen molar-refractivity contribution >= 4 is 32.8 Å². The molecule has 4 rings (SSSR count). The molecule has 0 spiro atoms. The fourth-order valence-electron chi connectivity index (χ4n) is 2.96. The molecule has 25 heavy (non-hydrogen) atoms. The molecule has 0 saturated heterocycles. The summed E-state index contributed by atoms with van der Waals surface area (Å²) in [4.78, 5) is 12.1. The molecule has 10 heteroatoms. The van der Waals surface area contributed by atoms with Crippen molar-refractivity contribution in [2.24, 2.45) is 0 Å². The van der Waals surface area contributed by atoms with E-state index in [4.69, 9.17) is 0 Å². The number of nitrogens with one attached hydrogen (secondary N) is 1. The second-order valence-electron chi connectivity index (χ2n) is 5.82. The first-order chi connectivity index (χ1) is 12.0. The molecule has 0 aliphatic heterocycles. The van der Waals surface area contributed by atoms with Crippen LogP contribution in [0.4, 0.5) is 0 Å². The SMILES string of the molecule is O=c1cc2c(nn1CCNS(=O)(=O)c1cccc3nsnc13)CCC2. The van der Waals surface area contributed by atoms with Gasteiger partial charge in [0.15, 0.2) is 0 Å². The van der Waals surface area contributed by atoms with Crippen molar-refractivity contribution in [2.75, 3.05) is 6.54 Å². The van der Waals surface area contributed by atoms with Gasteiger partial charge in [-0.25, -0.2) is 17.8 Å². The molecule has 2 heterocycles. The maximum absolute atomic E-state index is 12.5. The Morgan fingerprint density at radius 2 is 2.12 bits per heavy atom. The van der Waals surface area contributed by atoms with Crippen LogP contribution in [0.15, 0.2) is 34.0 Å². The number of hydrogen-bond donors (Lipinski definition) is 1. The highest BCUT2D eigenvalue weighted by Crippen LogP contribution is 2.20. The van der Waals surface area contributed by atoms with Crippen LogP contribution in [0.2, 0.25) is 0 Å². The van der Waals surface area contributed by atoms with E-state index in [2.05, 4.69) is 18.6 Å². The first kappa shape index (κ1) is 16.3. The highest BCUT2D eigenvalue weighted by Gasteiger charge is 2.19. The number of rotatable bonds is 5. The lowest BCUT2D eigenvalue weighted by Crippen LogP contribution is -2.32. The van der Waals surface area contributed by atoms with Crippen LogP contribution < -0.4 is 10.3 Å². The second-order valence-corrected chi connectivity index (χ2v) is 8.08. The van der Waals surface area contributed by atoms with E-state index in [0.717, 1.165) is 42.2 Å². The molecule has 2 aromatic heterocycles. The standard InChI is InChI=1S/C15H15N5O3S2/c21-14-9-10-3-1-4-11(10)17-20(14)8-7-16-25(22,23)13-6-2-5-12-15(13)19-24-18-12/h2,5-6,9,16H,1,3-4,7-8H2. The predicted octanol–water partition coefficient (Wildman–Crippen LogP) is 0.715. The zero-order chi connectivity index (χ0) is 17.4. The first-order valence-electron chi connectivity index (χ1n) is 7.85. The first-order valence-corrected chi connectivity index (χ1v) is 10.1. The second kappa shape index (κ2) is 6.28. The Kier molecular flexibility index (Phi) is 4.10. The quantitative estimate of drug-likeness (QED) is 0.702. The molecular formula is C15H15N5O3S2. The summed E-state index contributed by atoms with van der Waals surface area (Å²) >= 11 is 0.969. The minimum Gasteiger partial charge on any atom is -0.268 e. The Balaban J connectivity index is 1.52. The highest BCUT2D eigenvalue weighted by molar-refractivity contribution is 7.89. The summed E-state index contributed by atoms with van der Waals surface area (Å²) in [5.74, 6) is 0. The van der Waals surface area contributed by atoms with Gasteiger partial charge in [-0.1, -0.05) is 6.07 Å². The molecule has 0 amide bonds. The molecule has 1 aliphatic rings. The summed E-state index contributed by atoms with van der Waals surface area (Å²) in [5, 5.41) is 4.34. The third kappa shape index (κ3) is 3.08. The number of aromatic nitrogens is 4. The average Bonchev–Trinajstić information content (AvgIpc) is 3.22. The predicted molar refractivity (Wildman–Crippen MR) is 93.1 cm³/mol. The van der Waals surface area contributed by atoms with Crippen LogP contribution in [-0.2, 0) is 29.4 Å². The van der Waals surface area contributed by atoms with Gasteiger partial charge in [0.2, 0.25) is 10.0 Å². The van der Waals surface area contributed by atoms with E-state index in [1.54, 1.807) is 18.2 Å².